The standard InChI is InChI=1S/C18H19N5OS/c1-13(24)19-10-15-9-16-11-22(7-8-23(16)21-15)18-20-17(12-25-18)14-5-3-2-4-6-14/h2-6,9,12H,7-8,10-11H2,1H3,(H,19,24). The number of nitrogens with one attached hydrogen (secondary N) is 1. The van der Waals surface area contributed by atoms with Gasteiger partial charge in [0.05, 0.1) is 36.7 Å². The van der Waals surface area contributed by atoms with Crippen LogP contribution in [-0.2, 0) is 24.4 Å². The van der Waals surface area contributed by atoms with E-state index in [1.54, 1.807) is 11.3 Å². The van der Waals surface area contributed by atoms with Crippen molar-refractivity contribution in [3.05, 3.63) is 53.2 Å². The molecular weight excluding hydrogens is 334 g/mol. The average Bonchev–Trinajstić information content (AvgIpc) is 3.27. The fourth-order valence-corrected chi connectivity index (χ4v) is 3.80. The summed E-state index contributed by atoms with van der Waals surface area (Å²) in [5.41, 5.74) is 4.22. The van der Waals surface area contributed by atoms with Crippen LogP contribution in [0.25, 0.3) is 11.3 Å². The zero-order valence-electron chi connectivity index (χ0n) is 14.0. The van der Waals surface area contributed by atoms with Gasteiger partial charge >= 0.3 is 0 Å². The third kappa shape index (κ3) is 3.41. The molecule has 0 radical (unpaired) electrons. The Hall–Kier alpha value is -2.67. The molecule has 0 fully saturated rings. The molecule has 4 rings (SSSR count). The molecular formula is C18H19N5OS. The maximum absolute atomic E-state index is 11.1. The minimum atomic E-state index is -0.0381. The molecule has 3 heterocycles. The van der Waals surface area contributed by atoms with Gasteiger partial charge in [-0.2, -0.15) is 5.10 Å². The van der Waals surface area contributed by atoms with Crippen LogP contribution in [-0.4, -0.2) is 27.2 Å². The third-order valence-corrected chi connectivity index (χ3v) is 5.10. The zero-order chi connectivity index (χ0) is 17.2. The van der Waals surface area contributed by atoms with E-state index in [-0.39, 0.29) is 5.91 Å². The molecule has 0 bridgehead atoms. The normalized spacial score (nSPS) is 13.6. The van der Waals surface area contributed by atoms with Crippen molar-refractivity contribution in [1.29, 1.82) is 0 Å². The molecule has 7 heteroatoms. The molecule has 1 amide bonds. The van der Waals surface area contributed by atoms with Crippen LogP contribution in [0.15, 0.2) is 41.8 Å². The molecule has 1 aliphatic heterocycles. The quantitative estimate of drug-likeness (QED) is 0.783. The van der Waals surface area contributed by atoms with Crippen LogP contribution >= 0.6 is 11.3 Å². The Kier molecular flexibility index (Phi) is 4.23. The molecule has 1 N–H and O–H groups in total. The molecule has 0 unspecified atom stereocenters. The SMILES string of the molecule is CC(=O)NCc1cc2n(n1)CCN(c1nc(-c3ccccc3)cs1)C2. The van der Waals surface area contributed by atoms with E-state index < -0.39 is 0 Å². The van der Waals surface area contributed by atoms with E-state index in [2.05, 4.69) is 38.9 Å². The van der Waals surface area contributed by atoms with Crippen LogP contribution in [0.3, 0.4) is 0 Å². The smallest absolute Gasteiger partial charge is 0.217 e. The van der Waals surface area contributed by atoms with Crippen molar-refractivity contribution in [2.45, 2.75) is 26.6 Å². The Labute approximate surface area is 150 Å². The summed E-state index contributed by atoms with van der Waals surface area (Å²) >= 11 is 1.67. The Bertz CT molecular complexity index is 886. The van der Waals surface area contributed by atoms with Crippen LogP contribution in [0, 0.1) is 0 Å². The lowest BCUT2D eigenvalue weighted by molar-refractivity contribution is -0.119. The topological polar surface area (TPSA) is 63.1 Å². The lowest BCUT2D eigenvalue weighted by atomic mass is 10.2. The molecule has 0 saturated heterocycles. The van der Waals surface area contributed by atoms with Crippen molar-refractivity contribution in [2.24, 2.45) is 0 Å². The number of hydrogen-bond donors (Lipinski definition) is 1. The van der Waals surface area contributed by atoms with Gasteiger partial charge in [-0.25, -0.2) is 4.98 Å². The minimum Gasteiger partial charge on any atom is -0.351 e. The van der Waals surface area contributed by atoms with Crippen LogP contribution in [0.2, 0.25) is 0 Å². The number of carbonyl (C=O) groups is 1. The molecule has 1 aliphatic rings. The van der Waals surface area contributed by atoms with Crippen molar-refractivity contribution < 1.29 is 4.79 Å². The summed E-state index contributed by atoms with van der Waals surface area (Å²) in [6, 6.07) is 12.3. The summed E-state index contributed by atoms with van der Waals surface area (Å²) in [7, 11) is 0. The maximum Gasteiger partial charge on any atom is 0.217 e. The third-order valence-electron chi connectivity index (χ3n) is 4.20. The van der Waals surface area contributed by atoms with Crippen molar-refractivity contribution in [1.82, 2.24) is 20.1 Å². The number of carbonyl (C=O) groups excluding carboxylic acids is 1. The average molecular weight is 353 g/mol. The second kappa shape index (κ2) is 6.68. The van der Waals surface area contributed by atoms with E-state index in [1.807, 2.05) is 22.9 Å². The lowest BCUT2D eigenvalue weighted by Gasteiger charge is -2.27. The second-order valence-corrected chi connectivity index (χ2v) is 6.90. The van der Waals surface area contributed by atoms with Crippen molar-refractivity contribution in [2.75, 3.05) is 11.4 Å². The first-order chi connectivity index (χ1) is 12.2. The van der Waals surface area contributed by atoms with Crippen LogP contribution < -0.4 is 10.2 Å². The first kappa shape index (κ1) is 15.8. The number of hydrogen-bond acceptors (Lipinski definition) is 5. The highest BCUT2D eigenvalue weighted by Gasteiger charge is 2.21. The molecule has 0 saturated carbocycles. The number of thiazole rings is 1. The zero-order valence-corrected chi connectivity index (χ0v) is 14.8. The summed E-state index contributed by atoms with van der Waals surface area (Å²) in [6.07, 6.45) is 0. The molecule has 6 nitrogen and oxygen atoms in total. The summed E-state index contributed by atoms with van der Waals surface area (Å²) < 4.78 is 2.03. The predicted octanol–water partition coefficient (Wildman–Crippen LogP) is 2.66. The Morgan fingerprint density at radius 1 is 1.28 bits per heavy atom. The second-order valence-electron chi connectivity index (χ2n) is 6.06. The number of benzene rings is 1. The Morgan fingerprint density at radius 2 is 2.12 bits per heavy atom. The predicted molar refractivity (Wildman–Crippen MR) is 98.3 cm³/mol. The van der Waals surface area contributed by atoms with Crippen molar-refractivity contribution in [3.63, 3.8) is 0 Å². The molecule has 128 valence electrons. The Morgan fingerprint density at radius 3 is 2.92 bits per heavy atom. The van der Waals surface area contributed by atoms with Gasteiger partial charge in [0, 0.05) is 24.4 Å². The maximum atomic E-state index is 11.1. The van der Waals surface area contributed by atoms with Gasteiger partial charge < -0.3 is 10.2 Å². The van der Waals surface area contributed by atoms with Gasteiger partial charge in [0.1, 0.15) is 0 Å². The van der Waals surface area contributed by atoms with Crippen molar-refractivity contribution >= 4 is 22.4 Å². The van der Waals surface area contributed by atoms with Crippen LogP contribution in [0.5, 0.6) is 0 Å². The molecule has 3 aromatic rings. The molecule has 0 spiro atoms. The molecule has 0 atom stereocenters. The molecule has 25 heavy (non-hydrogen) atoms. The monoisotopic (exact) mass is 353 g/mol. The summed E-state index contributed by atoms with van der Waals surface area (Å²) in [4.78, 5) is 18.1. The first-order valence-corrected chi connectivity index (χ1v) is 9.13. The number of anilines is 1. The molecule has 1 aromatic carbocycles. The molecule has 0 aliphatic carbocycles. The first-order valence-electron chi connectivity index (χ1n) is 8.25. The van der Waals surface area contributed by atoms with Crippen LogP contribution in [0.1, 0.15) is 18.3 Å². The Balaban J connectivity index is 1.49. The summed E-state index contributed by atoms with van der Waals surface area (Å²) in [6.45, 7) is 4.50. The number of rotatable bonds is 4. The summed E-state index contributed by atoms with van der Waals surface area (Å²) in [5, 5.41) is 10.5. The van der Waals surface area contributed by atoms with Gasteiger partial charge in [0.25, 0.3) is 0 Å². The van der Waals surface area contributed by atoms with E-state index in [9.17, 15) is 4.79 Å². The minimum absolute atomic E-state index is 0.0381. The van der Waals surface area contributed by atoms with Gasteiger partial charge in [0.15, 0.2) is 5.13 Å². The van der Waals surface area contributed by atoms with E-state index in [4.69, 9.17) is 4.98 Å². The fourth-order valence-electron chi connectivity index (χ4n) is 2.94. The van der Waals surface area contributed by atoms with Crippen molar-refractivity contribution in [3.8, 4) is 11.3 Å². The summed E-state index contributed by atoms with van der Waals surface area (Å²) in [5.74, 6) is -0.0381. The van der Waals surface area contributed by atoms with E-state index in [1.165, 1.54) is 6.92 Å². The van der Waals surface area contributed by atoms with E-state index in [0.717, 1.165) is 47.4 Å². The number of aromatic nitrogens is 3. The molecule has 2 aromatic heterocycles. The van der Waals surface area contributed by atoms with Gasteiger partial charge in [-0.1, -0.05) is 30.3 Å². The number of fused-ring (bicyclic) bond motifs is 1. The largest absolute Gasteiger partial charge is 0.351 e. The number of nitrogens with zero attached hydrogens (tertiary/aromatic N) is 4. The van der Waals surface area contributed by atoms with Crippen LogP contribution in [0.4, 0.5) is 5.13 Å². The number of amides is 1. The lowest BCUT2D eigenvalue weighted by Crippen LogP contribution is -2.33. The highest BCUT2D eigenvalue weighted by Crippen LogP contribution is 2.29. The van der Waals surface area contributed by atoms with Gasteiger partial charge in [-0.15, -0.1) is 11.3 Å². The van der Waals surface area contributed by atoms with E-state index >= 15 is 0 Å². The van der Waals surface area contributed by atoms with Gasteiger partial charge in [-0.3, -0.25) is 9.48 Å². The fraction of sp³-hybridized carbons (Fsp3) is 0.278. The highest BCUT2D eigenvalue weighted by atomic mass is 32.1. The van der Waals surface area contributed by atoms with Gasteiger partial charge in [0.2, 0.25) is 5.91 Å². The van der Waals surface area contributed by atoms with Gasteiger partial charge in [-0.05, 0) is 6.07 Å². The highest BCUT2D eigenvalue weighted by molar-refractivity contribution is 7.14. The van der Waals surface area contributed by atoms with E-state index in [0.29, 0.717) is 6.54 Å².